The first-order valence-corrected chi connectivity index (χ1v) is 7.68. The highest BCUT2D eigenvalue weighted by Gasteiger charge is 2.28. The zero-order valence-electron chi connectivity index (χ0n) is 13.1. The zero-order valence-corrected chi connectivity index (χ0v) is 13.1. The van der Waals surface area contributed by atoms with Crippen molar-refractivity contribution in [3.8, 4) is 0 Å². The summed E-state index contributed by atoms with van der Waals surface area (Å²) in [6.45, 7) is 3.77. The largest absolute Gasteiger partial charge is 0.336 e. The highest BCUT2D eigenvalue weighted by Crippen LogP contribution is 2.27. The maximum absolute atomic E-state index is 12.3. The average molecular weight is 304 g/mol. The number of anilines is 2. The fourth-order valence-electron chi connectivity index (χ4n) is 2.61. The van der Waals surface area contributed by atoms with Gasteiger partial charge in [-0.15, -0.1) is 0 Å². The number of hydrogen-bond acceptors (Lipinski definition) is 3. The zero-order chi connectivity index (χ0) is 16.1. The van der Waals surface area contributed by atoms with E-state index < -0.39 is 0 Å². The molecule has 3 amide bonds. The Balaban J connectivity index is 2.01. The minimum Gasteiger partial charge on any atom is -0.336 e. The highest BCUT2D eigenvalue weighted by molar-refractivity contribution is 5.99. The Labute approximate surface area is 130 Å². The molecule has 0 bridgehead atoms. The van der Waals surface area contributed by atoms with Crippen molar-refractivity contribution in [2.24, 2.45) is 11.7 Å². The Morgan fingerprint density at radius 2 is 1.77 bits per heavy atom. The molecule has 2 atom stereocenters. The van der Waals surface area contributed by atoms with Crippen molar-refractivity contribution in [2.75, 3.05) is 10.6 Å². The number of carbonyl (C=O) groups is 2. The van der Waals surface area contributed by atoms with Crippen molar-refractivity contribution in [3.63, 3.8) is 0 Å². The molecule has 6 heteroatoms. The van der Waals surface area contributed by atoms with Crippen LogP contribution in [0.2, 0.25) is 0 Å². The first-order chi connectivity index (χ1) is 10.5. The molecule has 2 rings (SSSR count). The monoisotopic (exact) mass is 304 g/mol. The van der Waals surface area contributed by atoms with E-state index in [2.05, 4.69) is 16.0 Å². The van der Waals surface area contributed by atoms with Crippen LogP contribution in [-0.2, 0) is 4.79 Å². The summed E-state index contributed by atoms with van der Waals surface area (Å²) in [7, 11) is 0. The number of nitrogens with one attached hydrogen (secondary N) is 3. The molecular formula is C16H24N4O2. The van der Waals surface area contributed by atoms with Gasteiger partial charge in [-0.25, -0.2) is 4.79 Å². The maximum Gasteiger partial charge on any atom is 0.319 e. The number of amides is 3. The third-order valence-corrected chi connectivity index (χ3v) is 3.70. The number of carbonyl (C=O) groups excluding carboxylic acids is 2. The van der Waals surface area contributed by atoms with Crippen LogP contribution in [-0.4, -0.2) is 24.0 Å². The molecule has 1 fully saturated rings. The highest BCUT2D eigenvalue weighted by atomic mass is 16.2. The average Bonchev–Trinajstić information content (AvgIpc) is 2.87. The van der Waals surface area contributed by atoms with E-state index in [-0.39, 0.29) is 29.9 Å². The van der Waals surface area contributed by atoms with Gasteiger partial charge in [-0.3, -0.25) is 4.79 Å². The molecule has 6 nitrogen and oxygen atoms in total. The second-order valence-corrected chi connectivity index (χ2v) is 6.06. The van der Waals surface area contributed by atoms with E-state index in [1.165, 1.54) is 0 Å². The van der Waals surface area contributed by atoms with E-state index in [0.29, 0.717) is 11.4 Å². The summed E-state index contributed by atoms with van der Waals surface area (Å²) in [5.41, 5.74) is 7.04. The number of hydrogen-bond donors (Lipinski definition) is 4. The van der Waals surface area contributed by atoms with Crippen LogP contribution in [0, 0.1) is 5.92 Å². The van der Waals surface area contributed by atoms with Crippen LogP contribution in [0.1, 0.15) is 33.1 Å². The number of benzene rings is 1. The van der Waals surface area contributed by atoms with E-state index in [9.17, 15) is 9.59 Å². The van der Waals surface area contributed by atoms with Gasteiger partial charge < -0.3 is 21.7 Å². The van der Waals surface area contributed by atoms with E-state index >= 15 is 0 Å². The van der Waals surface area contributed by atoms with Crippen LogP contribution < -0.4 is 21.7 Å². The molecule has 1 aliphatic carbocycles. The van der Waals surface area contributed by atoms with Gasteiger partial charge in [-0.1, -0.05) is 12.1 Å². The van der Waals surface area contributed by atoms with E-state index in [1.54, 1.807) is 12.1 Å². The lowest BCUT2D eigenvalue weighted by Crippen LogP contribution is -2.34. The molecular weight excluding hydrogens is 280 g/mol. The lowest BCUT2D eigenvalue weighted by Gasteiger charge is -2.16. The summed E-state index contributed by atoms with van der Waals surface area (Å²) in [5.74, 6) is -0.0842. The first-order valence-electron chi connectivity index (χ1n) is 7.68. The molecule has 0 aliphatic heterocycles. The fourth-order valence-corrected chi connectivity index (χ4v) is 2.61. The Kier molecular flexibility index (Phi) is 5.38. The summed E-state index contributed by atoms with van der Waals surface area (Å²) < 4.78 is 0. The molecule has 1 aromatic rings. The number of urea groups is 1. The van der Waals surface area contributed by atoms with Crippen LogP contribution in [0.5, 0.6) is 0 Å². The number of para-hydroxylation sites is 2. The lowest BCUT2D eigenvalue weighted by atomic mass is 10.1. The molecule has 0 spiro atoms. The van der Waals surface area contributed by atoms with Gasteiger partial charge in [0.1, 0.15) is 0 Å². The molecule has 0 heterocycles. The summed E-state index contributed by atoms with van der Waals surface area (Å²) in [5, 5.41) is 8.41. The Morgan fingerprint density at radius 3 is 2.32 bits per heavy atom. The molecule has 5 N–H and O–H groups in total. The molecule has 1 saturated carbocycles. The minimum absolute atomic E-state index is 0.0357. The van der Waals surface area contributed by atoms with Crippen molar-refractivity contribution in [1.29, 1.82) is 0 Å². The van der Waals surface area contributed by atoms with Crippen molar-refractivity contribution in [1.82, 2.24) is 5.32 Å². The lowest BCUT2D eigenvalue weighted by molar-refractivity contribution is -0.119. The SMILES string of the molecule is CC(C)NC(=O)Nc1ccccc1NC(=O)C1CCC(N)C1. The Morgan fingerprint density at radius 1 is 1.14 bits per heavy atom. The molecule has 22 heavy (non-hydrogen) atoms. The van der Waals surface area contributed by atoms with Crippen LogP contribution in [0.15, 0.2) is 24.3 Å². The van der Waals surface area contributed by atoms with E-state index in [1.807, 2.05) is 26.0 Å². The smallest absolute Gasteiger partial charge is 0.319 e. The van der Waals surface area contributed by atoms with Gasteiger partial charge in [0, 0.05) is 18.0 Å². The molecule has 1 aliphatic rings. The number of nitrogens with two attached hydrogens (primary N) is 1. The normalized spacial score (nSPS) is 20.7. The van der Waals surface area contributed by atoms with Gasteiger partial charge in [-0.2, -0.15) is 0 Å². The quantitative estimate of drug-likeness (QED) is 0.687. The molecule has 1 aromatic carbocycles. The van der Waals surface area contributed by atoms with Crippen molar-refractivity contribution in [2.45, 2.75) is 45.2 Å². The van der Waals surface area contributed by atoms with E-state index in [0.717, 1.165) is 19.3 Å². The van der Waals surface area contributed by atoms with Gasteiger partial charge in [-0.05, 0) is 45.2 Å². The second kappa shape index (κ2) is 7.26. The maximum atomic E-state index is 12.3. The van der Waals surface area contributed by atoms with Gasteiger partial charge in [0.15, 0.2) is 0 Å². The molecule has 2 unspecified atom stereocenters. The summed E-state index contributed by atoms with van der Waals surface area (Å²) in [6, 6.07) is 7.03. The van der Waals surface area contributed by atoms with E-state index in [4.69, 9.17) is 5.73 Å². The Bertz CT molecular complexity index is 545. The molecule has 0 radical (unpaired) electrons. The van der Waals surface area contributed by atoms with Crippen molar-refractivity contribution < 1.29 is 9.59 Å². The molecule has 120 valence electrons. The fraction of sp³-hybridized carbons (Fsp3) is 0.500. The summed E-state index contributed by atoms with van der Waals surface area (Å²) in [4.78, 5) is 24.1. The third-order valence-electron chi connectivity index (χ3n) is 3.70. The predicted molar refractivity (Wildman–Crippen MR) is 87.7 cm³/mol. The van der Waals surface area contributed by atoms with Crippen molar-refractivity contribution >= 4 is 23.3 Å². The van der Waals surface area contributed by atoms with Crippen LogP contribution in [0.4, 0.5) is 16.2 Å². The van der Waals surface area contributed by atoms with Gasteiger partial charge >= 0.3 is 6.03 Å². The predicted octanol–water partition coefficient (Wildman–Crippen LogP) is 2.28. The Hall–Kier alpha value is -2.08. The third kappa shape index (κ3) is 4.46. The van der Waals surface area contributed by atoms with Crippen molar-refractivity contribution in [3.05, 3.63) is 24.3 Å². The van der Waals surface area contributed by atoms with Crippen LogP contribution in [0.25, 0.3) is 0 Å². The summed E-state index contributed by atoms with van der Waals surface area (Å²) in [6.07, 6.45) is 2.42. The minimum atomic E-state index is -0.292. The first kappa shape index (κ1) is 16.3. The summed E-state index contributed by atoms with van der Waals surface area (Å²) >= 11 is 0. The second-order valence-electron chi connectivity index (χ2n) is 6.06. The topological polar surface area (TPSA) is 96.2 Å². The molecule has 0 saturated heterocycles. The standard InChI is InChI=1S/C16H24N4O2/c1-10(2)18-16(22)20-14-6-4-3-5-13(14)19-15(21)11-7-8-12(17)9-11/h3-6,10-12H,7-9,17H2,1-2H3,(H,19,21)(H2,18,20,22). The number of rotatable bonds is 4. The van der Waals surface area contributed by atoms with Crippen LogP contribution in [0.3, 0.4) is 0 Å². The van der Waals surface area contributed by atoms with Gasteiger partial charge in [0.2, 0.25) is 5.91 Å². The van der Waals surface area contributed by atoms with Crippen LogP contribution >= 0.6 is 0 Å². The van der Waals surface area contributed by atoms with Gasteiger partial charge in [0.25, 0.3) is 0 Å². The van der Waals surface area contributed by atoms with Gasteiger partial charge in [0.05, 0.1) is 11.4 Å². The molecule has 0 aromatic heterocycles.